The Hall–Kier alpha value is -0.720. The van der Waals surface area contributed by atoms with Gasteiger partial charge >= 0.3 is 12.1 Å². The molecular weight excluding hydrogens is 230 g/mol. The molecule has 1 atom stereocenters. The molecule has 0 radical (unpaired) electrons. The molecule has 0 amide bonds. The van der Waals surface area contributed by atoms with Crippen LogP contribution in [-0.2, 0) is 0 Å². The molecule has 80 valence electrons. The summed E-state index contributed by atoms with van der Waals surface area (Å²) in [6.45, 7) is 0. The van der Waals surface area contributed by atoms with Gasteiger partial charge < -0.3 is 0 Å². The van der Waals surface area contributed by atoms with Crippen molar-refractivity contribution < 1.29 is 26.3 Å². The lowest BCUT2D eigenvalue weighted by Gasteiger charge is -2.22. The van der Waals surface area contributed by atoms with Crippen LogP contribution in [0.5, 0.6) is 0 Å². The van der Waals surface area contributed by atoms with Crippen molar-refractivity contribution in [2.45, 2.75) is 18.3 Å². The largest absolute Gasteiger partial charge is 0.456 e. The third-order valence-electron chi connectivity index (χ3n) is 1.53. The molecule has 14 heavy (non-hydrogen) atoms. The van der Waals surface area contributed by atoms with Crippen LogP contribution < -0.4 is 0 Å². The highest BCUT2D eigenvalue weighted by atomic mass is 32.1. The molecule has 1 aromatic heterocycles. The lowest BCUT2D eigenvalue weighted by atomic mass is 10.1. The van der Waals surface area contributed by atoms with Crippen LogP contribution in [0.25, 0.3) is 0 Å². The predicted octanol–water partition coefficient (Wildman–Crippen LogP) is 3.96. The van der Waals surface area contributed by atoms with E-state index < -0.39 is 23.8 Å². The maximum Gasteiger partial charge on any atom is 0.456 e. The first-order valence-electron chi connectivity index (χ1n) is 3.37. The normalized spacial score (nSPS) is 15.6. The van der Waals surface area contributed by atoms with E-state index in [0.717, 1.165) is 22.8 Å². The minimum atomic E-state index is -5.87. The van der Waals surface area contributed by atoms with E-state index in [4.69, 9.17) is 0 Å². The summed E-state index contributed by atoms with van der Waals surface area (Å²) >= 11 is 0.854. The van der Waals surface area contributed by atoms with Crippen LogP contribution in [0.2, 0.25) is 0 Å². The Bertz CT molecular complexity index is 288. The van der Waals surface area contributed by atoms with Crippen molar-refractivity contribution in [2.75, 3.05) is 0 Å². The van der Waals surface area contributed by atoms with Crippen LogP contribution in [0, 0.1) is 0 Å². The van der Waals surface area contributed by atoms with Gasteiger partial charge in [0.1, 0.15) is 0 Å². The molecule has 1 aromatic rings. The molecule has 0 aliphatic rings. The van der Waals surface area contributed by atoms with Crippen LogP contribution in [-0.4, -0.2) is 12.1 Å². The van der Waals surface area contributed by atoms with Crippen LogP contribution in [0.15, 0.2) is 16.8 Å². The molecule has 0 saturated heterocycles. The summed E-state index contributed by atoms with van der Waals surface area (Å²) in [5, 5.41) is 2.15. The molecular formula is C7H4F6S. The first kappa shape index (κ1) is 11.4. The van der Waals surface area contributed by atoms with Crippen LogP contribution in [0.3, 0.4) is 0 Å². The molecule has 1 rings (SSSR count). The van der Waals surface area contributed by atoms with E-state index in [1.807, 2.05) is 0 Å². The topological polar surface area (TPSA) is 0 Å². The van der Waals surface area contributed by atoms with Gasteiger partial charge in [0.25, 0.3) is 0 Å². The van der Waals surface area contributed by atoms with Gasteiger partial charge in [0.15, 0.2) is 6.17 Å². The van der Waals surface area contributed by atoms with E-state index in [1.54, 1.807) is 0 Å². The van der Waals surface area contributed by atoms with Gasteiger partial charge in [-0.15, -0.1) is 0 Å². The molecule has 0 aromatic carbocycles. The lowest BCUT2D eigenvalue weighted by Crippen LogP contribution is -2.40. The van der Waals surface area contributed by atoms with E-state index in [2.05, 4.69) is 0 Å². The summed E-state index contributed by atoms with van der Waals surface area (Å²) < 4.78 is 72.6. The fraction of sp³-hybridized carbons (Fsp3) is 0.429. The number of alkyl halides is 6. The summed E-state index contributed by atoms with van der Waals surface area (Å²) in [5.74, 6) is -5.34. The Labute approximate surface area is 79.2 Å². The maximum absolute atomic E-state index is 12.8. The zero-order chi connectivity index (χ0) is 11.0. The maximum atomic E-state index is 12.8. The third-order valence-corrected chi connectivity index (χ3v) is 2.23. The Morgan fingerprint density at radius 1 is 1.14 bits per heavy atom. The number of rotatable bonds is 2. The average molecular weight is 234 g/mol. The molecule has 0 aliphatic heterocycles. The number of hydrogen-bond acceptors (Lipinski definition) is 1. The second kappa shape index (κ2) is 3.45. The fourth-order valence-corrected chi connectivity index (χ4v) is 1.44. The van der Waals surface area contributed by atoms with E-state index in [9.17, 15) is 26.3 Å². The average Bonchev–Trinajstić information content (AvgIpc) is 2.52. The predicted molar refractivity (Wildman–Crippen MR) is 39.2 cm³/mol. The third kappa shape index (κ3) is 1.87. The van der Waals surface area contributed by atoms with Crippen molar-refractivity contribution in [3.8, 4) is 0 Å². The first-order valence-corrected chi connectivity index (χ1v) is 4.32. The van der Waals surface area contributed by atoms with Gasteiger partial charge in [-0.2, -0.15) is 33.3 Å². The molecule has 7 heteroatoms. The number of thiophene rings is 1. The standard InChI is InChI=1S/C7H4F6S/c8-5(4-1-2-14-3-4)6(9,10)7(11,12)13/h1-3,5H. The van der Waals surface area contributed by atoms with Gasteiger partial charge in [-0.3, -0.25) is 0 Å². The minimum absolute atomic E-state index is 0.655. The Balaban J connectivity index is 2.94. The quantitative estimate of drug-likeness (QED) is 0.679. The second-order valence-corrected chi connectivity index (χ2v) is 3.32. The van der Waals surface area contributed by atoms with Gasteiger partial charge in [-0.25, -0.2) is 4.39 Å². The summed E-state index contributed by atoms with van der Waals surface area (Å²) in [5.41, 5.74) is -0.655. The van der Waals surface area contributed by atoms with Crippen molar-refractivity contribution in [1.29, 1.82) is 0 Å². The zero-order valence-electron chi connectivity index (χ0n) is 6.49. The first-order chi connectivity index (χ1) is 6.27. The highest BCUT2D eigenvalue weighted by molar-refractivity contribution is 7.07. The molecule has 0 aliphatic carbocycles. The van der Waals surface area contributed by atoms with E-state index in [1.165, 1.54) is 5.38 Å². The van der Waals surface area contributed by atoms with Gasteiger partial charge in [0.05, 0.1) is 0 Å². The van der Waals surface area contributed by atoms with Gasteiger partial charge in [-0.1, -0.05) is 0 Å². The van der Waals surface area contributed by atoms with Crippen LogP contribution in [0.4, 0.5) is 26.3 Å². The van der Waals surface area contributed by atoms with Crippen LogP contribution in [0.1, 0.15) is 11.7 Å². The van der Waals surface area contributed by atoms with Crippen molar-refractivity contribution in [3.63, 3.8) is 0 Å². The molecule has 0 bridgehead atoms. The van der Waals surface area contributed by atoms with Crippen molar-refractivity contribution in [2.24, 2.45) is 0 Å². The fourth-order valence-electron chi connectivity index (χ4n) is 0.772. The SMILES string of the molecule is FC(c1ccsc1)C(F)(F)C(F)(F)F. The van der Waals surface area contributed by atoms with Crippen LogP contribution >= 0.6 is 11.3 Å². The summed E-state index contributed by atoms with van der Waals surface area (Å²) in [6.07, 6.45) is -9.21. The van der Waals surface area contributed by atoms with E-state index in [-0.39, 0.29) is 0 Å². The molecule has 1 heterocycles. The van der Waals surface area contributed by atoms with Gasteiger partial charge in [0.2, 0.25) is 0 Å². The van der Waals surface area contributed by atoms with Crippen molar-refractivity contribution in [1.82, 2.24) is 0 Å². The summed E-state index contributed by atoms with van der Waals surface area (Å²) in [6, 6.07) is 0.898. The Kier molecular flexibility index (Phi) is 2.80. The molecule has 0 saturated carbocycles. The monoisotopic (exact) mass is 234 g/mol. The van der Waals surface area contributed by atoms with Gasteiger partial charge in [0, 0.05) is 5.56 Å². The lowest BCUT2D eigenvalue weighted by molar-refractivity contribution is -0.305. The minimum Gasteiger partial charge on any atom is -0.235 e. The molecule has 0 nitrogen and oxygen atoms in total. The smallest absolute Gasteiger partial charge is 0.235 e. The highest BCUT2D eigenvalue weighted by Crippen LogP contribution is 2.46. The molecule has 0 fully saturated rings. The van der Waals surface area contributed by atoms with Crippen molar-refractivity contribution in [3.05, 3.63) is 22.4 Å². The van der Waals surface area contributed by atoms with Crippen molar-refractivity contribution >= 4 is 11.3 Å². The molecule has 1 unspecified atom stereocenters. The Morgan fingerprint density at radius 3 is 2.07 bits per heavy atom. The number of halogens is 6. The van der Waals surface area contributed by atoms with E-state index in [0.29, 0.717) is 0 Å². The molecule has 0 spiro atoms. The van der Waals surface area contributed by atoms with Gasteiger partial charge in [-0.05, 0) is 16.8 Å². The van der Waals surface area contributed by atoms with E-state index >= 15 is 0 Å². The summed E-state index contributed by atoms with van der Waals surface area (Å²) in [4.78, 5) is 0. The summed E-state index contributed by atoms with van der Waals surface area (Å²) in [7, 11) is 0. The highest BCUT2D eigenvalue weighted by Gasteiger charge is 2.63. The number of hydrogen-bond donors (Lipinski definition) is 0. The zero-order valence-corrected chi connectivity index (χ0v) is 7.30. The molecule has 0 N–H and O–H groups in total. The Morgan fingerprint density at radius 2 is 1.71 bits per heavy atom. The second-order valence-electron chi connectivity index (χ2n) is 2.54.